The fourth-order valence-corrected chi connectivity index (χ4v) is 2.73. The largest absolute Gasteiger partial charge is 0.396 e. The number of hydrogen-bond donors (Lipinski definition) is 1. The van der Waals surface area contributed by atoms with Crippen molar-refractivity contribution in [2.24, 2.45) is 11.8 Å². The molecule has 1 aromatic carbocycles. The Kier molecular flexibility index (Phi) is 3.06. The van der Waals surface area contributed by atoms with Gasteiger partial charge in [-0.3, -0.25) is 0 Å². The van der Waals surface area contributed by atoms with Crippen LogP contribution in [-0.4, -0.2) is 34.8 Å². The highest BCUT2D eigenvalue weighted by atomic mass is 19.1. The fourth-order valence-electron chi connectivity index (χ4n) is 2.73. The van der Waals surface area contributed by atoms with Gasteiger partial charge in [0.25, 0.3) is 0 Å². The van der Waals surface area contributed by atoms with Crippen molar-refractivity contribution in [1.82, 2.24) is 9.97 Å². The molecule has 1 saturated heterocycles. The number of halogens is 1. The minimum Gasteiger partial charge on any atom is -0.396 e. The number of hydrogen-bond acceptors (Lipinski definition) is 4. The maximum absolute atomic E-state index is 13.7. The molecule has 2 heterocycles. The van der Waals surface area contributed by atoms with Crippen LogP contribution in [0.4, 0.5) is 10.2 Å². The van der Waals surface area contributed by atoms with Gasteiger partial charge < -0.3 is 10.0 Å². The Balaban J connectivity index is 2.04. The number of nitrogens with zero attached hydrogens (tertiary/aromatic N) is 3. The number of benzene rings is 1. The highest BCUT2D eigenvalue weighted by molar-refractivity contribution is 5.89. The highest BCUT2D eigenvalue weighted by Crippen LogP contribution is 2.31. The first-order chi connectivity index (χ1) is 9.20. The number of fused-ring (bicyclic) bond motifs is 1. The maximum atomic E-state index is 13.7. The van der Waals surface area contributed by atoms with Crippen molar-refractivity contribution < 1.29 is 9.50 Å². The molecule has 100 valence electrons. The molecule has 0 amide bonds. The maximum Gasteiger partial charge on any atom is 0.149 e. The third kappa shape index (κ3) is 2.04. The van der Waals surface area contributed by atoms with E-state index in [1.54, 1.807) is 6.07 Å². The van der Waals surface area contributed by atoms with Crippen LogP contribution in [0.5, 0.6) is 0 Å². The molecule has 1 aromatic heterocycles. The molecule has 0 bridgehead atoms. The second-order valence-corrected chi connectivity index (χ2v) is 5.16. The third-order valence-corrected chi connectivity index (χ3v) is 3.90. The molecule has 1 aliphatic heterocycles. The van der Waals surface area contributed by atoms with Gasteiger partial charge in [-0.05, 0) is 18.1 Å². The van der Waals surface area contributed by atoms with Crippen molar-refractivity contribution >= 4 is 16.7 Å². The summed E-state index contributed by atoms with van der Waals surface area (Å²) in [7, 11) is 0. The van der Waals surface area contributed by atoms with Crippen LogP contribution in [0.1, 0.15) is 6.92 Å². The Morgan fingerprint density at radius 1 is 1.37 bits per heavy atom. The van der Waals surface area contributed by atoms with Crippen molar-refractivity contribution in [3.8, 4) is 0 Å². The molecule has 4 nitrogen and oxygen atoms in total. The van der Waals surface area contributed by atoms with Crippen molar-refractivity contribution in [2.75, 3.05) is 24.6 Å². The summed E-state index contributed by atoms with van der Waals surface area (Å²) in [5.41, 5.74) is 0.354. The van der Waals surface area contributed by atoms with Crippen LogP contribution >= 0.6 is 0 Å². The van der Waals surface area contributed by atoms with Crippen LogP contribution in [0.25, 0.3) is 10.9 Å². The molecule has 1 aliphatic rings. The van der Waals surface area contributed by atoms with E-state index in [0.29, 0.717) is 11.4 Å². The zero-order valence-corrected chi connectivity index (χ0v) is 10.8. The van der Waals surface area contributed by atoms with E-state index in [4.69, 9.17) is 0 Å². The van der Waals surface area contributed by atoms with Crippen LogP contribution in [0.15, 0.2) is 24.5 Å². The van der Waals surface area contributed by atoms with E-state index in [1.165, 1.54) is 12.4 Å². The van der Waals surface area contributed by atoms with Crippen LogP contribution < -0.4 is 4.90 Å². The molecule has 2 atom stereocenters. The van der Waals surface area contributed by atoms with Gasteiger partial charge in [0.1, 0.15) is 23.5 Å². The third-order valence-electron chi connectivity index (χ3n) is 3.90. The summed E-state index contributed by atoms with van der Waals surface area (Å²) in [6.45, 7) is 3.87. The molecule has 3 rings (SSSR count). The summed E-state index contributed by atoms with van der Waals surface area (Å²) in [5, 5.41) is 10.1. The zero-order chi connectivity index (χ0) is 13.4. The first kappa shape index (κ1) is 12.3. The summed E-state index contributed by atoms with van der Waals surface area (Å²) in [6, 6.07) is 4.92. The summed E-state index contributed by atoms with van der Waals surface area (Å²) in [6.07, 6.45) is 1.40. The molecule has 5 heteroatoms. The smallest absolute Gasteiger partial charge is 0.149 e. The van der Waals surface area contributed by atoms with Gasteiger partial charge in [0, 0.05) is 31.0 Å². The predicted molar refractivity (Wildman–Crippen MR) is 71.4 cm³/mol. The number of aliphatic hydroxyl groups excluding tert-OH is 1. The van der Waals surface area contributed by atoms with Gasteiger partial charge in [-0.1, -0.05) is 13.0 Å². The number of para-hydroxylation sites is 1. The molecular weight excluding hydrogens is 245 g/mol. The summed E-state index contributed by atoms with van der Waals surface area (Å²) in [5.74, 6) is 1.08. The van der Waals surface area contributed by atoms with Gasteiger partial charge in [-0.25, -0.2) is 14.4 Å². The minimum atomic E-state index is -0.327. The van der Waals surface area contributed by atoms with Crippen LogP contribution in [-0.2, 0) is 0 Å². The molecule has 0 aliphatic carbocycles. The SMILES string of the molecule is C[C@@H]1CN(c2ncnc3c(F)cccc23)C[C@H]1CO. The molecule has 0 radical (unpaired) electrons. The van der Waals surface area contributed by atoms with Crippen molar-refractivity contribution in [3.63, 3.8) is 0 Å². The molecule has 1 fully saturated rings. The second-order valence-electron chi connectivity index (χ2n) is 5.16. The Labute approximate surface area is 110 Å². The van der Waals surface area contributed by atoms with E-state index in [9.17, 15) is 9.50 Å². The average molecular weight is 261 g/mol. The quantitative estimate of drug-likeness (QED) is 0.896. The summed E-state index contributed by atoms with van der Waals surface area (Å²) >= 11 is 0. The molecule has 1 N–H and O–H groups in total. The first-order valence-corrected chi connectivity index (χ1v) is 6.45. The molecule has 0 unspecified atom stereocenters. The fraction of sp³-hybridized carbons (Fsp3) is 0.429. The topological polar surface area (TPSA) is 49.2 Å². The number of aliphatic hydroxyl groups is 1. The van der Waals surface area contributed by atoms with Gasteiger partial charge >= 0.3 is 0 Å². The van der Waals surface area contributed by atoms with Crippen LogP contribution in [0.3, 0.4) is 0 Å². The predicted octanol–water partition coefficient (Wildman–Crippen LogP) is 1.83. The molecule has 2 aromatic rings. The van der Waals surface area contributed by atoms with E-state index >= 15 is 0 Å². The molecule has 19 heavy (non-hydrogen) atoms. The summed E-state index contributed by atoms with van der Waals surface area (Å²) in [4.78, 5) is 10.4. The van der Waals surface area contributed by atoms with Crippen LogP contribution in [0.2, 0.25) is 0 Å². The van der Waals surface area contributed by atoms with Gasteiger partial charge in [0.15, 0.2) is 0 Å². The van der Waals surface area contributed by atoms with Crippen molar-refractivity contribution in [1.29, 1.82) is 0 Å². The second kappa shape index (κ2) is 4.74. The lowest BCUT2D eigenvalue weighted by Gasteiger charge is -2.18. The lowest BCUT2D eigenvalue weighted by molar-refractivity contribution is 0.212. The lowest BCUT2D eigenvalue weighted by Crippen LogP contribution is -2.22. The van der Waals surface area contributed by atoms with Gasteiger partial charge in [0.05, 0.1) is 0 Å². The van der Waals surface area contributed by atoms with Crippen molar-refractivity contribution in [2.45, 2.75) is 6.92 Å². The normalized spacial score (nSPS) is 23.2. The van der Waals surface area contributed by atoms with E-state index in [-0.39, 0.29) is 18.3 Å². The van der Waals surface area contributed by atoms with E-state index < -0.39 is 0 Å². The zero-order valence-electron chi connectivity index (χ0n) is 10.8. The van der Waals surface area contributed by atoms with Gasteiger partial charge in [-0.2, -0.15) is 0 Å². The average Bonchev–Trinajstić information content (AvgIpc) is 2.80. The minimum absolute atomic E-state index is 0.176. The lowest BCUT2D eigenvalue weighted by atomic mass is 10.00. The number of aromatic nitrogens is 2. The van der Waals surface area contributed by atoms with Gasteiger partial charge in [0.2, 0.25) is 0 Å². The summed E-state index contributed by atoms with van der Waals surface area (Å²) < 4.78 is 13.7. The van der Waals surface area contributed by atoms with E-state index in [1.807, 2.05) is 6.07 Å². The van der Waals surface area contributed by atoms with E-state index in [0.717, 1.165) is 24.3 Å². The Bertz CT molecular complexity index is 604. The van der Waals surface area contributed by atoms with E-state index in [2.05, 4.69) is 21.8 Å². The van der Waals surface area contributed by atoms with Crippen LogP contribution in [0, 0.1) is 17.7 Å². The Morgan fingerprint density at radius 3 is 2.95 bits per heavy atom. The Morgan fingerprint density at radius 2 is 2.21 bits per heavy atom. The molecule has 0 saturated carbocycles. The number of anilines is 1. The molecule has 0 spiro atoms. The molecular formula is C14H16FN3O. The number of rotatable bonds is 2. The Hall–Kier alpha value is -1.75. The van der Waals surface area contributed by atoms with Crippen molar-refractivity contribution in [3.05, 3.63) is 30.3 Å². The standard InChI is InChI=1S/C14H16FN3O/c1-9-5-18(6-10(9)7-19)14-11-3-2-4-12(15)13(11)16-8-17-14/h2-4,8-10,19H,5-7H2,1H3/t9-,10+/m1/s1. The highest BCUT2D eigenvalue weighted by Gasteiger charge is 2.30. The first-order valence-electron chi connectivity index (χ1n) is 6.45. The monoisotopic (exact) mass is 261 g/mol. The van der Waals surface area contributed by atoms with Gasteiger partial charge in [-0.15, -0.1) is 0 Å².